The van der Waals surface area contributed by atoms with Crippen LogP contribution in [0.1, 0.15) is 33.7 Å². The molecule has 0 bridgehead atoms. The molecule has 0 amide bonds. The topological polar surface area (TPSA) is 24.1 Å². The normalized spacial score (nSPS) is 11.1. The Balaban J connectivity index is 1.47. The zero-order chi connectivity index (χ0) is 25.5. The van der Waals surface area contributed by atoms with Crippen molar-refractivity contribution in [3.8, 4) is 0 Å². The number of aryl methyl sites for hydroxylation is 2. The monoisotopic (exact) mass is 480 g/mol. The van der Waals surface area contributed by atoms with Crippen LogP contribution < -0.4 is 10.6 Å². The Kier molecular flexibility index (Phi) is 7.47. The first-order valence-corrected chi connectivity index (χ1v) is 12.7. The highest BCUT2D eigenvalue weighted by molar-refractivity contribution is 5.66. The molecule has 0 unspecified atom stereocenters. The van der Waals surface area contributed by atoms with Gasteiger partial charge in [-0.3, -0.25) is 0 Å². The molecule has 0 atom stereocenters. The molecule has 5 aromatic carbocycles. The summed E-state index contributed by atoms with van der Waals surface area (Å²) in [6.07, 6.45) is 4.54. The molecule has 0 aliphatic carbocycles. The Bertz CT molecular complexity index is 1380. The molecule has 0 aliphatic rings. The lowest BCUT2D eigenvalue weighted by molar-refractivity contribution is 1.02. The van der Waals surface area contributed by atoms with Gasteiger partial charge in [0, 0.05) is 28.7 Å². The Morgan fingerprint density at radius 1 is 0.514 bits per heavy atom. The van der Waals surface area contributed by atoms with E-state index in [-0.39, 0.29) is 5.92 Å². The van der Waals surface area contributed by atoms with Gasteiger partial charge in [-0.25, -0.2) is 0 Å². The molecule has 0 fully saturated rings. The fourth-order valence-electron chi connectivity index (χ4n) is 4.58. The summed E-state index contributed by atoms with van der Waals surface area (Å²) in [5, 5.41) is 7.10. The summed E-state index contributed by atoms with van der Waals surface area (Å²) in [7, 11) is 0. The number of benzene rings is 5. The summed E-state index contributed by atoms with van der Waals surface area (Å²) in [6.45, 7) is 4.34. The Labute approximate surface area is 220 Å². The maximum atomic E-state index is 3.55. The smallest absolute Gasteiger partial charge is 0.0414 e. The molecule has 0 saturated carbocycles. The molecular weight excluding hydrogens is 448 g/mol. The molecule has 0 radical (unpaired) electrons. The van der Waals surface area contributed by atoms with Gasteiger partial charge in [0.1, 0.15) is 0 Å². The van der Waals surface area contributed by atoms with Gasteiger partial charge in [0.15, 0.2) is 0 Å². The first-order valence-electron chi connectivity index (χ1n) is 12.7. The molecule has 0 heterocycles. The van der Waals surface area contributed by atoms with Crippen molar-refractivity contribution in [2.75, 3.05) is 10.6 Å². The predicted octanol–water partition coefficient (Wildman–Crippen LogP) is 9.64. The number of hydrogen-bond donors (Lipinski definition) is 2. The largest absolute Gasteiger partial charge is 0.355 e. The van der Waals surface area contributed by atoms with Gasteiger partial charge in [-0.2, -0.15) is 0 Å². The SMILES string of the molecule is Cc1cc(C(C=Cc2ccccc2)c2ccc(Nc3ccccc3)c(C)c2)ccc1Nc1ccccc1. The number of anilines is 4. The van der Waals surface area contributed by atoms with Crippen molar-refractivity contribution < 1.29 is 0 Å². The summed E-state index contributed by atoms with van der Waals surface area (Å²) in [6, 6.07) is 44.6. The Morgan fingerprint density at radius 2 is 0.946 bits per heavy atom. The van der Waals surface area contributed by atoms with Crippen molar-refractivity contribution in [1.29, 1.82) is 0 Å². The first kappa shape index (κ1) is 24.1. The first-order chi connectivity index (χ1) is 18.2. The van der Waals surface area contributed by atoms with Crippen LogP contribution >= 0.6 is 0 Å². The van der Waals surface area contributed by atoms with Crippen LogP contribution in [0.2, 0.25) is 0 Å². The molecule has 2 nitrogen and oxygen atoms in total. The predicted molar refractivity (Wildman–Crippen MR) is 159 cm³/mol. The van der Waals surface area contributed by atoms with Crippen molar-refractivity contribution >= 4 is 28.8 Å². The van der Waals surface area contributed by atoms with E-state index in [1.54, 1.807) is 0 Å². The third kappa shape index (κ3) is 6.17. The van der Waals surface area contributed by atoms with Crippen LogP contribution in [-0.2, 0) is 0 Å². The number of para-hydroxylation sites is 2. The van der Waals surface area contributed by atoms with Gasteiger partial charge in [-0.15, -0.1) is 0 Å². The molecule has 2 heteroatoms. The van der Waals surface area contributed by atoms with Gasteiger partial charge in [0.05, 0.1) is 0 Å². The average Bonchev–Trinajstić information content (AvgIpc) is 2.93. The second-order valence-electron chi connectivity index (χ2n) is 9.38. The number of hydrogen-bond acceptors (Lipinski definition) is 2. The second kappa shape index (κ2) is 11.5. The molecule has 0 aromatic heterocycles. The van der Waals surface area contributed by atoms with E-state index in [4.69, 9.17) is 0 Å². The van der Waals surface area contributed by atoms with E-state index in [2.05, 4.69) is 152 Å². The zero-order valence-electron chi connectivity index (χ0n) is 21.4. The van der Waals surface area contributed by atoms with Gasteiger partial charge >= 0.3 is 0 Å². The van der Waals surface area contributed by atoms with Gasteiger partial charge in [-0.1, -0.05) is 103 Å². The van der Waals surface area contributed by atoms with E-state index in [1.165, 1.54) is 27.8 Å². The molecule has 0 spiro atoms. The van der Waals surface area contributed by atoms with Gasteiger partial charge in [0.2, 0.25) is 0 Å². The number of rotatable bonds is 8. The van der Waals surface area contributed by atoms with Crippen molar-refractivity contribution in [1.82, 2.24) is 0 Å². The van der Waals surface area contributed by atoms with E-state index in [1.807, 2.05) is 12.1 Å². The van der Waals surface area contributed by atoms with Crippen LogP contribution in [0, 0.1) is 13.8 Å². The summed E-state index contributed by atoms with van der Waals surface area (Å²) >= 11 is 0. The lowest BCUT2D eigenvalue weighted by Crippen LogP contribution is -2.02. The Hall–Kier alpha value is -4.56. The third-order valence-electron chi connectivity index (χ3n) is 6.61. The van der Waals surface area contributed by atoms with Crippen molar-refractivity contribution in [2.24, 2.45) is 0 Å². The molecule has 5 aromatic rings. The van der Waals surface area contributed by atoms with E-state index < -0.39 is 0 Å². The molecule has 0 aliphatic heterocycles. The van der Waals surface area contributed by atoms with Crippen molar-refractivity contribution in [3.63, 3.8) is 0 Å². The third-order valence-corrected chi connectivity index (χ3v) is 6.61. The molecule has 5 rings (SSSR count). The lowest BCUT2D eigenvalue weighted by Gasteiger charge is -2.19. The lowest BCUT2D eigenvalue weighted by atomic mass is 9.88. The van der Waals surface area contributed by atoms with Gasteiger partial charge < -0.3 is 10.6 Å². The minimum absolute atomic E-state index is 0.133. The quantitative estimate of drug-likeness (QED) is 0.231. The second-order valence-corrected chi connectivity index (χ2v) is 9.38. The zero-order valence-corrected chi connectivity index (χ0v) is 21.4. The van der Waals surface area contributed by atoms with E-state index in [0.717, 1.165) is 22.7 Å². The van der Waals surface area contributed by atoms with Crippen molar-refractivity contribution in [3.05, 3.63) is 161 Å². The summed E-state index contributed by atoms with van der Waals surface area (Å²) < 4.78 is 0. The molecule has 37 heavy (non-hydrogen) atoms. The van der Waals surface area contributed by atoms with Crippen LogP contribution in [-0.4, -0.2) is 0 Å². The molecule has 2 N–H and O–H groups in total. The summed E-state index contributed by atoms with van der Waals surface area (Å²) in [5.74, 6) is 0.133. The number of nitrogens with one attached hydrogen (secondary N) is 2. The summed E-state index contributed by atoms with van der Waals surface area (Å²) in [5.41, 5.74) is 10.6. The highest BCUT2D eigenvalue weighted by atomic mass is 14.9. The molecule has 182 valence electrons. The fourth-order valence-corrected chi connectivity index (χ4v) is 4.58. The van der Waals surface area contributed by atoms with Crippen LogP contribution in [0.3, 0.4) is 0 Å². The minimum Gasteiger partial charge on any atom is -0.355 e. The summed E-state index contributed by atoms with van der Waals surface area (Å²) in [4.78, 5) is 0. The maximum absolute atomic E-state index is 3.55. The van der Waals surface area contributed by atoms with Crippen molar-refractivity contribution in [2.45, 2.75) is 19.8 Å². The highest BCUT2D eigenvalue weighted by Gasteiger charge is 2.14. The fraction of sp³-hybridized carbons (Fsp3) is 0.0857. The van der Waals surface area contributed by atoms with E-state index in [0.29, 0.717) is 0 Å². The highest BCUT2D eigenvalue weighted by Crippen LogP contribution is 2.33. The van der Waals surface area contributed by atoms with E-state index >= 15 is 0 Å². The standard InChI is InChI=1S/C35H32N2/c1-26-24-29(19-22-34(26)36-31-14-8-4-9-15-31)33(21-18-28-12-6-3-7-13-28)30-20-23-35(27(2)25-30)37-32-16-10-5-11-17-32/h3-25,33,36-37H,1-2H3. The molecular formula is C35H32N2. The van der Waals surface area contributed by atoms with Gasteiger partial charge in [0.25, 0.3) is 0 Å². The maximum Gasteiger partial charge on any atom is 0.0414 e. The van der Waals surface area contributed by atoms with E-state index in [9.17, 15) is 0 Å². The van der Waals surface area contributed by atoms with Crippen LogP contribution in [0.15, 0.2) is 133 Å². The van der Waals surface area contributed by atoms with Crippen LogP contribution in [0.4, 0.5) is 22.7 Å². The number of allylic oxidation sites excluding steroid dienone is 1. The Morgan fingerprint density at radius 3 is 1.38 bits per heavy atom. The molecule has 0 saturated heterocycles. The average molecular weight is 481 g/mol. The van der Waals surface area contributed by atoms with Crippen LogP contribution in [0.5, 0.6) is 0 Å². The minimum atomic E-state index is 0.133. The van der Waals surface area contributed by atoms with Gasteiger partial charge in [-0.05, 0) is 78.1 Å². The van der Waals surface area contributed by atoms with Crippen LogP contribution in [0.25, 0.3) is 6.08 Å².